The van der Waals surface area contributed by atoms with Gasteiger partial charge in [0.05, 0.1) is 5.70 Å². The molecule has 0 saturated carbocycles. The molecule has 0 fully saturated rings. The number of hydrogen-bond acceptors (Lipinski definition) is 4. The number of amidine groups is 1. The fourth-order valence-corrected chi connectivity index (χ4v) is 1.40. The Morgan fingerprint density at radius 3 is 2.56 bits per heavy atom. The standard InChI is InChI=1S/C9H13N5.C2H6/c1-5-4-11-9-7(8(10)12-5)13-6(2)14(9)3;1-2/h4,11H,1-3H3,(H2,10,12);1-2H3. The molecule has 5 heteroatoms. The van der Waals surface area contributed by atoms with Gasteiger partial charge in [0.15, 0.2) is 5.84 Å². The normalized spacial score (nSPS) is 13.6. The highest BCUT2D eigenvalue weighted by atomic mass is 15.2. The number of nitrogens with zero attached hydrogens (tertiary/aromatic N) is 3. The topological polar surface area (TPSA) is 68.2 Å². The van der Waals surface area contributed by atoms with E-state index in [1.54, 1.807) is 0 Å². The zero-order chi connectivity index (χ0) is 12.3. The maximum absolute atomic E-state index is 5.81. The molecule has 0 unspecified atom stereocenters. The number of nitrogens with one attached hydrogen (secondary N) is 1. The Balaban J connectivity index is 0.000000606. The highest BCUT2D eigenvalue weighted by molar-refractivity contribution is 6.01. The molecule has 2 rings (SSSR count). The average Bonchev–Trinajstić information content (AvgIpc) is 2.47. The van der Waals surface area contributed by atoms with Crippen molar-refractivity contribution in [3.8, 4) is 0 Å². The zero-order valence-electron chi connectivity index (χ0n) is 10.5. The third-order valence-electron chi connectivity index (χ3n) is 2.28. The molecular formula is C11H19N5. The largest absolute Gasteiger partial charge is 0.382 e. The molecule has 0 aromatic carbocycles. The summed E-state index contributed by atoms with van der Waals surface area (Å²) in [7, 11) is 1.94. The molecule has 0 bridgehead atoms. The fourth-order valence-electron chi connectivity index (χ4n) is 1.40. The molecule has 3 N–H and O–H groups in total. The van der Waals surface area contributed by atoms with E-state index in [0.29, 0.717) is 5.84 Å². The first-order chi connectivity index (χ1) is 7.59. The van der Waals surface area contributed by atoms with Crippen molar-refractivity contribution in [2.75, 3.05) is 5.32 Å². The van der Waals surface area contributed by atoms with E-state index in [2.05, 4.69) is 15.3 Å². The minimum Gasteiger partial charge on any atom is -0.382 e. The van der Waals surface area contributed by atoms with E-state index in [9.17, 15) is 0 Å². The van der Waals surface area contributed by atoms with E-state index in [-0.39, 0.29) is 0 Å². The number of allylic oxidation sites excluding steroid dienone is 1. The third-order valence-corrected chi connectivity index (χ3v) is 2.28. The van der Waals surface area contributed by atoms with Gasteiger partial charge in [0.2, 0.25) is 0 Å². The SMILES string of the molecule is CC.CC1=CNc2c(nc(C)n2C)C(N)=N1. The van der Waals surface area contributed by atoms with Gasteiger partial charge in [0, 0.05) is 13.2 Å². The summed E-state index contributed by atoms with van der Waals surface area (Å²) in [5.41, 5.74) is 7.38. The van der Waals surface area contributed by atoms with E-state index >= 15 is 0 Å². The fraction of sp³-hybridized carbons (Fsp3) is 0.455. The summed E-state index contributed by atoms with van der Waals surface area (Å²) < 4.78 is 1.95. The van der Waals surface area contributed by atoms with E-state index in [0.717, 1.165) is 23.0 Å². The maximum atomic E-state index is 5.81. The summed E-state index contributed by atoms with van der Waals surface area (Å²) in [6.45, 7) is 7.82. The van der Waals surface area contributed by atoms with Gasteiger partial charge in [-0.25, -0.2) is 9.98 Å². The molecule has 1 aromatic rings. The number of aromatic nitrogens is 2. The van der Waals surface area contributed by atoms with Gasteiger partial charge in [0.1, 0.15) is 17.3 Å². The van der Waals surface area contributed by atoms with Crippen molar-refractivity contribution >= 4 is 11.7 Å². The first-order valence-electron chi connectivity index (χ1n) is 5.40. The first kappa shape index (κ1) is 12.3. The minimum atomic E-state index is 0.461. The van der Waals surface area contributed by atoms with E-state index in [1.165, 1.54) is 0 Å². The Morgan fingerprint density at radius 1 is 1.31 bits per heavy atom. The molecule has 0 spiro atoms. The Kier molecular flexibility index (Phi) is 3.71. The maximum Gasteiger partial charge on any atom is 0.153 e. The van der Waals surface area contributed by atoms with Gasteiger partial charge in [-0.3, -0.25) is 0 Å². The molecule has 0 saturated heterocycles. The molecule has 0 aliphatic carbocycles. The zero-order valence-corrected chi connectivity index (χ0v) is 10.5. The number of imidazole rings is 1. The van der Waals surface area contributed by atoms with E-state index in [1.807, 2.05) is 45.5 Å². The Hall–Kier alpha value is -1.78. The monoisotopic (exact) mass is 221 g/mol. The molecule has 1 aromatic heterocycles. The van der Waals surface area contributed by atoms with Crippen LogP contribution >= 0.6 is 0 Å². The summed E-state index contributed by atoms with van der Waals surface area (Å²) in [6, 6.07) is 0. The molecule has 5 nitrogen and oxygen atoms in total. The van der Waals surface area contributed by atoms with Crippen LogP contribution in [0.25, 0.3) is 0 Å². The van der Waals surface area contributed by atoms with Gasteiger partial charge in [-0.2, -0.15) is 0 Å². The number of aliphatic imine (C=N–C) groups is 1. The molecule has 2 heterocycles. The number of nitrogens with two attached hydrogens (primary N) is 1. The minimum absolute atomic E-state index is 0.461. The van der Waals surface area contributed by atoms with Crippen LogP contribution in [0.5, 0.6) is 0 Å². The lowest BCUT2D eigenvalue weighted by Gasteiger charge is -2.02. The summed E-state index contributed by atoms with van der Waals surface area (Å²) in [5, 5.41) is 3.14. The van der Waals surface area contributed by atoms with Gasteiger partial charge in [-0.05, 0) is 13.8 Å². The molecule has 0 atom stereocenters. The number of aryl methyl sites for hydroxylation is 1. The molecule has 1 aliphatic heterocycles. The quantitative estimate of drug-likeness (QED) is 0.701. The highest BCUT2D eigenvalue weighted by Crippen LogP contribution is 2.19. The number of hydrogen-bond donors (Lipinski definition) is 2. The third kappa shape index (κ3) is 2.08. The Labute approximate surface area is 96.1 Å². The second-order valence-electron chi connectivity index (χ2n) is 3.34. The molecule has 16 heavy (non-hydrogen) atoms. The van der Waals surface area contributed by atoms with Crippen molar-refractivity contribution in [2.24, 2.45) is 17.8 Å². The van der Waals surface area contributed by atoms with Crippen LogP contribution in [0, 0.1) is 6.92 Å². The second kappa shape index (κ2) is 4.83. The molecular weight excluding hydrogens is 202 g/mol. The van der Waals surface area contributed by atoms with E-state index < -0.39 is 0 Å². The Morgan fingerprint density at radius 2 is 1.94 bits per heavy atom. The summed E-state index contributed by atoms with van der Waals surface area (Å²) >= 11 is 0. The lowest BCUT2D eigenvalue weighted by Crippen LogP contribution is -2.14. The van der Waals surface area contributed by atoms with Crippen LogP contribution < -0.4 is 11.1 Å². The second-order valence-corrected chi connectivity index (χ2v) is 3.34. The van der Waals surface area contributed by atoms with Crippen molar-refractivity contribution in [1.29, 1.82) is 0 Å². The Bertz CT molecular complexity index is 439. The molecule has 0 radical (unpaired) electrons. The molecule has 0 amide bonds. The lowest BCUT2D eigenvalue weighted by molar-refractivity contribution is 0.864. The lowest BCUT2D eigenvalue weighted by atomic mass is 10.4. The highest BCUT2D eigenvalue weighted by Gasteiger charge is 2.16. The van der Waals surface area contributed by atoms with Gasteiger partial charge >= 0.3 is 0 Å². The predicted molar refractivity (Wildman–Crippen MR) is 67.4 cm³/mol. The first-order valence-corrected chi connectivity index (χ1v) is 5.40. The van der Waals surface area contributed by atoms with E-state index in [4.69, 9.17) is 5.73 Å². The summed E-state index contributed by atoms with van der Waals surface area (Å²) in [5.74, 6) is 2.26. The van der Waals surface area contributed by atoms with Crippen LogP contribution in [0.1, 0.15) is 32.3 Å². The van der Waals surface area contributed by atoms with Crippen molar-refractivity contribution in [3.63, 3.8) is 0 Å². The number of fused-ring (bicyclic) bond motifs is 1. The summed E-state index contributed by atoms with van der Waals surface area (Å²) in [6.07, 6.45) is 1.82. The van der Waals surface area contributed by atoms with Crippen LogP contribution in [-0.2, 0) is 7.05 Å². The van der Waals surface area contributed by atoms with Crippen molar-refractivity contribution in [3.05, 3.63) is 23.4 Å². The smallest absolute Gasteiger partial charge is 0.153 e. The van der Waals surface area contributed by atoms with Crippen LogP contribution in [0.3, 0.4) is 0 Å². The van der Waals surface area contributed by atoms with Crippen LogP contribution in [0.4, 0.5) is 5.82 Å². The summed E-state index contributed by atoms with van der Waals surface area (Å²) in [4.78, 5) is 8.53. The van der Waals surface area contributed by atoms with Gasteiger partial charge in [-0.15, -0.1) is 0 Å². The van der Waals surface area contributed by atoms with Gasteiger partial charge in [-0.1, -0.05) is 13.8 Å². The van der Waals surface area contributed by atoms with Crippen molar-refractivity contribution in [1.82, 2.24) is 9.55 Å². The average molecular weight is 221 g/mol. The van der Waals surface area contributed by atoms with Gasteiger partial charge < -0.3 is 15.6 Å². The number of rotatable bonds is 0. The van der Waals surface area contributed by atoms with Crippen molar-refractivity contribution in [2.45, 2.75) is 27.7 Å². The molecule has 1 aliphatic rings. The van der Waals surface area contributed by atoms with Gasteiger partial charge in [0.25, 0.3) is 0 Å². The van der Waals surface area contributed by atoms with Crippen LogP contribution in [0.15, 0.2) is 16.9 Å². The van der Waals surface area contributed by atoms with Crippen LogP contribution in [0.2, 0.25) is 0 Å². The van der Waals surface area contributed by atoms with Crippen molar-refractivity contribution < 1.29 is 0 Å². The molecule has 88 valence electrons. The number of anilines is 1. The predicted octanol–water partition coefficient (Wildman–Crippen LogP) is 1.75. The van der Waals surface area contributed by atoms with Crippen LogP contribution in [-0.4, -0.2) is 15.4 Å².